The number of benzene rings is 1. The van der Waals surface area contributed by atoms with Crippen LogP contribution in [0.25, 0.3) is 11.6 Å². The van der Waals surface area contributed by atoms with Crippen LogP contribution < -0.4 is 4.74 Å². The number of hydrogen-bond acceptors (Lipinski definition) is 3. The smallest absolute Gasteiger partial charge is 0.219 e. The van der Waals surface area contributed by atoms with Gasteiger partial charge < -0.3 is 9.53 Å². The number of hydrogen-bond donors (Lipinski definition) is 0. The van der Waals surface area contributed by atoms with Gasteiger partial charge in [0.05, 0.1) is 5.02 Å². The molecule has 2 aromatic rings. The maximum Gasteiger partial charge on any atom is 0.219 e. The number of rotatable bonds is 7. The van der Waals surface area contributed by atoms with Gasteiger partial charge in [-0.1, -0.05) is 42.8 Å². The Balaban J connectivity index is 1.64. The zero-order valence-electron chi connectivity index (χ0n) is 15.7. The fraction of sp³-hybridized carbons (Fsp3) is 0.304. The van der Waals surface area contributed by atoms with Crippen molar-refractivity contribution in [2.45, 2.75) is 39.5 Å². The molecule has 0 saturated carbocycles. The molecule has 3 rings (SSSR count). The lowest BCUT2D eigenvalue weighted by Gasteiger charge is -2.09. The average molecular weight is 382 g/mol. The summed E-state index contributed by atoms with van der Waals surface area (Å²) in [7, 11) is 0. The van der Waals surface area contributed by atoms with E-state index >= 15 is 0 Å². The second kappa shape index (κ2) is 9.01. The maximum atomic E-state index is 11.1. The third-order valence-corrected chi connectivity index (χ3v) is 4.84. The van der Waals surface area contributed by atoms with E-state index in [4.69, 9.17) is 16.3 Å². The van der Waals surface area contributed by atoms with E-state index in [1.165, 1.54) is 12.0 Å². The van der Waals surface area contributed by atoms with Gasteiger partial charge in [-0.25, -0.2) is 4.98 Å². The number of aromatic nitrogens is 1. The molecule has 4 heteroatoms. The Morgan fingerprint density at radius 3 is 2.81 bits per heavy atom. The molecule has 27 heavy (non-hydrogen) atoms. The number of Topliss-reactive ketones (excluding diaryl/α,β-unsaturated/α-hetero) is 1. The molecule has 0 amide bonds. The van der Waals surface area contributed by atoms with E-state index in [1.54, 1.807) is 13.1 Å². The van der Waals surface area contributed by atoms with E-state index in [-0.39, 0.29) is 11.7 Å². The summed E-state index contributed by atoms with van der Waals surface area (Å²) in [6, 6.07) is 9.66. The Hall–Kier alpha value is -2.39. The molecule has 0 fully saturated rings. The normalized spacial score (nSPS) is 15.0. The first kappa shape index (κ1) is 19.4. The van der Waals surface area contributed by atoms with Crippen molar-refractivity contribution in [2.24, 2.45) is 5.92 Å². The Morgan fingerprint density at radius 1 is 1.33 bits per heavy atom. The first-order valence-corrected chi connectivity index (χ1v) is 9.69. The van der Waals surface area contributed by atoms with Crippen LogP contribution in [0.5, 0.6) is 11.6 Å². The third kappa shape index (κ3) is 5.54. The molecule has 1 aromatic heterocycles. The van der Waals surface area contributed by atoms with Crippen LogP contribution in [0.3, 0.4) is 0 Å². The number of nitrogens with zero attached hydrogens (tertiary/aromatic N) is 1. The number of carbonyl (C=O) groups is 1. The second-order valence-corrected chi connectivity index (χ2v) is 7.45. The van der Waals surface area contributed by atoms with Crippen LogP contribution in [0.15, 0.2) is 48.7 Å². The molecular formula is C23H24ClNO2. The predicted molar refractivity (Wildman–Crippen MR) is 111 cm³/mol. The Morgan fingerprint density at radius 2 is 2.19 bits per heavy atom. The SMILES string of the molecule is CC(=O)C[C@@H](C)/C=C/c1ccc(Oc2ccc(C3=CCCC3)cc2Cl)nc1. The molecule has 1 aliphatic carbocycles. The van der Waals surface area contributed by atoms with Gasteiger partial charge in [-0.3, -0.25) is 0 Å². The molecule has 0 spiro atoms. The molecule has 1 atom stereocenters. The first-order valence-electron chi connectivity index (χ1n) is 9.32. The van der Waals surface area contributed by atoms with Crippen molar-refractivity contribution in [3.8, 4) is 11.6 Å². The van der Waals surface area contributed by atoms with E-state index in [9.17, 15) is 4.79 Å². The van der Waals surface area contributed by atoms with Crippen molar-refractivity contribution in [3.05, 3.63) is 64.8 Å². The summed E-state index contributed by atoms with van der Waals surface area (Å²) >= 11 is 6.40. The average Bonchev–Trinajstić information content (AvgIpc) is 3.17. The van der Waals surface area contributed by atoms with E-state index in [0.29, 0.717) is 23.1 Å². The molecule has 1 aromatic carbocycles. The molecule has 0 aliphatic heterocycles. The summed E-state index contributed by atoms with van der Waals surface area (Å²) in [4.78, 5) is 15.5. The van der Waals surface area contributed by atoms with Gasteiger partial charge in [0, 0.05) is 18.7 Å². The lowest BCUT2D eigenvalue weighted by Crippen LogP contribution is -1.97. The van der Waals surface area contributed by atoms with E-state index < -0.39 is 0 Å². The molecular weight excluding hydrogens is 358 g/mol. The summed E-state index contributed by atoms with van der Waals surface area (Å²) < 4.78 is 5.83. The summed E-state index contributed by atoms with van der Waals surface area (Å²) in [5, 5.41) is 0.587. The Labute approximate surface area is 165 Å². The highest BCUT2D eigenvalue weighted by atomic mass is 35.5. The predicted octanol–water partition coefficient (Wildman–Crippen LogP) is 6.72. The van der Waals surface area contributed by atoms with Crippen LogP contribution in [0.4, 0.5) is 0 Å². The minimum absolute atomic E-state index is 0.196. The van der Waals surface area contributed by atoms with Gasteiger partial charge in [0.25, 0.3) is 0 Å². The molecule has 0 radical (unpaired) electrons. The van der Waals surface area contributed by atoms with Gasteiger partial charge in [0.2, 0.25) is 5.88 Å². The standard InChI is InChI=1S/C23H24ClNO2/c1-16(13-17(2)26)7-8-18-9-12-23(25-15-18)27-22-11-10-20(14-21(22)24)19-5-3-4-6-19/h5,7-12,14-16H,3-4,6,13H2,1-2H3/b8-7+/t16-/m0/s1. The summed E-state index contributed by atoms with van der Waals surface area (Å²) in [5.41, 5.74) is 3.49. The molecule has 0 unspecified atom stereocenters. The molecule has 3 nitrogen and oxygen atoms in total. The van der Waals surface area contributed by atoms with Crippen LogP contribution in [-0.4, -0.2) is 10.8 Å². The Kier molecular flexibility index (Phi) is 6.46. The quantitative estimate of drug-likeness (QED) is 0.534. The lowest BCUT2D eigenvalue weighted by atomic mass is 10.0. The second-order valence-electron chi connectivity index (χ2n) is 7.04. The van der Waals surface area contributed by atoms with Crippen LogP contribution >= 0.6 is 11.6 Å². The zero-order chi connectivity index (χ0) is 19.2. The zero-order valence-corrected chi connectivity index (χ0v) is 16.5. The summed E-state index contributed by atoms with van der Waals surface area (Å²) in [5.74, 6) is 1.51. The molecule has 1 heterocycles. The highest BCUT2D eigenvalue weighted by molar-refractivity contribution is 6.32. The van der Waals surface area contributed by atoms with Crippen LogP contribution in [-0.2, 0) is 4.79 Å². The van der Waals surface area contributed by atoms with Gasteiger partial charge in [-0.2, -0.15) is 0 Å². The van der Waals surface area contributed by atoms with Crippen molar-refractivity contribution in [3.63, 3.8) is 0 Å². The van der Waals surface area contributed by atoms with Crippen molar-refractivity contribution in [1.82, 2.24) is 4.98 Å². The van der Waals surface area contributed by atoms with Crippen molar-refractivity contribution >= 4 is 29.0 Å². The number of halogens is 1. The van der Waals surface area contributed by atoms with Crippen molar-refractivity contribution in [1.29, 1.82) is 0 Å². The van der Waals surface area contributed by atoms with Crippen molar-refractivity contribution < 1.29 is 9.53 Å². The van der Waals surface area contributed by atoms with Gasteiger partial charge in [0.15, 0.2) is 0 Å². The van der Waals surface area contributed by atoms with E-state index in [0.717, 1.165) is 24.0 Å². The van der Waals surface area contributed by atoms with Crippen LogP contribution in [0.1, 0.15) is 50.7 Å². The van der Waals surface area contributed by atoms with Gasteiger partial charge in [-0.05, 0) is 67.0 Å². The molecule has 0 bridgehead atoms. The minimum Gasteiger partial charge on any atom is -0.437 e. The van der Waals surface area contributed by atoms with Gasteiger partial charge in [0.1, 0.15) is 11.5 Å². The van der Waals surface area contributed by atoms with Crippen LogP contribution in [0, 0.1) is 5.92 Å². The highest BCUT2D eigenvalue weighted by Crippen LogP contribution is 2.34. The Bertz CT molecular complexity index is 868. The maximum absolute atomic E-state index is 11.1. The molecule has 0 saturated heterocycles. The number of ether oxygens (including phenoxy) is 1. The van der Waals surface area contributed by atoms with Crippen LogP contribution in [0.2, 0.25) is 5.02 Å². The first-order chi connectivity index (χ1) is 13.0. The fourth-order valence-corrected chi connectivity index (χ4v) is 3.40. The molecule has 140 valence electrons. The highest BCUT2D eigenvalue weighted by Gasteiger charge is 2.11. The summed E-state index contributed by atoms with van der Waals surface area (Å²) in [6.45, 7) is 3.64. The third-order valence-electron chi connectivity index (χ3n) is 4.54. The van der Waals surface area contributed by atoms with Gasteiger partial charge >= 0.3 is 0 Å². The minimum atomic E-state index is 0.196. The lowest BCUT2D eigenvalue weighted by molar-refractivity contribution is -0.117. The monoisotopic (exact) mass is 381 g/mol. The number of pyridine rings is 1. The molecule has 1 aliphatic rings. The molecule has 0 N–H and O–H groups in total. The number of ketones is 1. The largest absolute Gasteiger partial charge is 0.437 e. The topological polar surface area (TPSA) is 39.2 Å². The van der Waals surface area contributed by atoms with E-state index in [2.05, 4.69) is 11.1 Å². The fourth-order valence-electron chi connectivity index (χ4n) is 3.18. The van der Waals surface area contributed by atoms with Crippen molar-refractivity contribution in [2.75, 3.05) is 0 Å². The number of allylic oxidation sites excluding steroid dienone is 3. The van der Waals surface area contributed by atoms with Gasteiger partial charge in [-0.15, -0.1) is 0 Å². The van der Waals surface area contributed by atoms with E-state index in [1.807, 2.05) is 49.4 Å². The summed E-state index contributed by atoms with van der Waals surface area (Å²) in [6.07, 6.45) is 12.0. The number of carbonyl (C=O) groups excluding carboxylic acids is 1.